The largest absolute Gasteiger partial charge is 0.480 e. The Kier molecular flexibility index (Phi) is 22.5. The number of hydrogen-bond acceptors (Lipinski definition) is 17. The number of carbonyl (C=O) groups is 7. The number of alkyl carbamates (subject to hydrolysis) is 2. The van der Waals surface area contributed by atoms with Crippen molar-refractivity contribution in [1.29, 1.82) is 0 Å². The summed E-state index contributed by atoms with van der Waals surface area (Å²) in [6.07, 6.45) is -0.636. The maximum Gasteiger partial charge on any atom is 0.407 e. The first-order chi connectivity index (χ1) is 33.8. The third-order valence-electron chi connectivity index (χ3n) is 11.3. The molecule has 2 aliphatic rings. The van der Waals surface area contributed by atoms with Crippen molar-refractivity contribution in [3.63, 3.8) is 0 Å². The molecule has 0 aromatic carbocycles. The first-order valence-corrected chi connectivity index (χ1v) is 24.2. The fourth-order valence-electron chi connectivity index (χ4n) is 8.48. The first kappa shape index (κ1) is 58.5. The zero-order valence-electron chi connectivity index (χ0n) is 42.4. The van der Waals surface area contributed by atoms with E-state index in [2.05, 4.69) is 10.6 Å². The summed E-state index contributed by atoms with van der Waals surface area (Å²) >= 11 is 0. The van der Waals surface area contributed by atoms with Gasteiger partial charge in [0.25, 0.3) is 0 Å². The van der Waals surface area contributed by atoms with Crippen LogP contribution < -0.4 is 10.6 Å². The van der Waals surface area contributed by atoms with E-state index in [0.29, 0.717) is 48.5 Å². The van der Waals surface area contributed by atoms with E-state index >= 15 is 0 Å². The molecule has 24 heteroatoms. The summed E-state index contributed by atoms with van der Waals surface area (Å²) in [6.45, 7) is 10.4. The Hall–Kier alpha value is -6.05. The number of rotatable bonds is 19. The van der Waals surface area contributed by atoms with E-state index in [1.54, 1.807) is 70.9 Å². The molecule has 0 aliphatic carbocycles. The number of nitrogens with one attached hydrogen (secondary N) is 2. The van der Waals surface area contributed by atoms with E-state index in [0.717, 1.165) is 11.1 Å². The second-order valence-electron chi connectivity index (χ2n) is 20.2. The van der Waals surface area contributed by atoms with Crippen molar-refractivity contribution < 1.29 is 68.6 Å². The van der Waals surface area contributed by atoms with Gasteiger partial charge in [-0.05, 0) is 103 Å². The summed E-state index contributed by atoms with van der Waals surface area (Å²) in [6, 6.07) is 7.32. The molecule has 0 saturated carbocycles. The first-order valence-electron chi connectivity index (χ1n) is 24.2. The van der Waals surface area contributed by atoms with E-state index in [-0.39, 0.29) is 105 Å². The van der Waals surface area contributed by atoms with E-state index < -0.39 is 72.5 Å². The molecule has 4 heterocycles. The highest BCUT2D eigenvalue weighted by Gasteiger charge is 2.35. The molecule has 400 valence electrons. The summed E-state index contributed by atoms with van der Waals surface area (Å²) in [5.74, 6) is -5.67. The molecule has 4 bridgehead atoms. The topological polar surface area (TPSA) is 308 Å². The summed E-state index contributed by atoms with van der Waals surface area (Å²) in [4.78, 5) is 107. The highest BCUT2D eigenvalue weighted by Crippen LogP contribution is 2.21. The number of carbonyl (C=O) groups excluding carboxylic acids is 2. The molecule has 0 unspecified atom stereocenters. The smallest absolute Gasteiger partial charge is 0.407 e. The van der Waals surface area contributed by atoms with Crippen molar-refractivity contribution in [2.24, 2.45) is 0 Å². The maximum atomic E-state index is 13.9. The lowest BCUT2D eigenvalue weighted by molar-refractivity contribution is -0.153. The van der Waals surface area contributed by atoms with Crippen LogP contribution in [0.25, 0.3) is 0 Å². The molecule has 0 saturated heterocycles. The van der Waals surface area contributed by atoms with E-state index in [4.69, 9.17) is 19.4 Å². The molecule has 72 heavy (non-hydrogen) atoms. The van der Waals surface area contributed by atoms with Crippen molar-refractivity contribution in [3.8, 4) is 0 Å². The molecule has 0 radical (unpaired) electrons. The Morgan fingerprint density at radius 1 is 0.500 bits per heavy atom. The van der Waals surface area contributed by atoms with Gasteiger partial charge in [-0.3, -0.25) is 58.5 Å². The normalized spacial score (nSPS) is 16.8. The number of carboxylic acid groups (broad SMARTS) is 5. The molecule has 2 aliphatic heterocycles. The summed E-state index contributed by atoms with van der Waals surface area (Å²) in [5, 5.41) is 56.4. The summed E-state index contributed by atoms with van der Waals surface area (Å²) in [7, 11) is 0. The summed E-state index contributed by atoms with van der Waals surface area (Å²) in [5.41, 5.74) is 2.15. The SMILES string of the molecule is CC(C)(C)OC(=O)NCCCc1cc2nc(c1)CN(C(C(=O)O)N1CCN(CC(=O)O)CCN(CC(=O)O)Cc3cc(CCCNC(=O)OC(C)(C)C)cc(n3)C1)CCN(CC(=O)O)CCN(CC(=O)O)C2. The molecule has 7 N–H and O–H groups in total. The Morgan fingerprint density at radius 3 is 1.12 bits per heavy atom. The van der Waals surface area contributed by atoms with Crippen LogP contribution in [0.3, 0.4) is 0 Å². The second-order valence-corrected chi connectivity index (χ2v) is 20.2. The number of carboxylic acids is 5. The van der Waals surface area contributed by atoms with Crippen LogP contribution in [0.4, 0.5) is 9.59 Å². The van der Waals surface area contributed by atoms with Gasteiger partial charge in [0.05, 0.1) is 49.0 Å². The molecule has 24 nitrogen and oxygen atoms in total. The Morgan fingerprint density at radius 2 is 0.806 bits per heavy atom. The number of amides is 2. The van der Waals surface area contributed by atoms with Gasteiger partial charge in [-0.1, -0.05) is 0 Å². The molecule has 4 rings (SSSR count). The van der Waals surface area contributed by atoms with Crippen LogP contribution in [0.2, 0.25) is 0 Å². The average molecular weight is 1020 g/mol. The van der Waals surface area contributed by atoms with Crippen molar-refractivity contribution in [1.82, 2.24) is 50.0 Å². The van der Waals surface area contributed by atoms with Crippen molar-refractivity contribution >= 4 is 42.0 Å². The lowest BCUT2D eigenvalue weighted by atomic mass is 10.1. The van der Waals surface area contributed by atoms with Gasteiger partial charge in [-0.15, -0.1) is 0 Å². The number of ether oxygens (including phenoxy) is 2. The van der Waals surface area contributed by atoms with E-state index in [1.807, 2.05) is 24.3 Å². The van der Waals surface area contributed by atoms with Crippen molar-refractivity contribution in [2.45, 2.75) is 111 Å². The van der Waals surface area contributed by atoms with Gasteiger partial charge in [-0.2, -0.15) is 0 Å². The Labute approximate surface area is 420 Å². The molecular weight excluding hydrogens is 941 g/mol. The number of nitrogens with zero attached hydrogens (tertiary/aromatic N) is 8. The number of hydrogen-bond donors (Lipinski definition) is 7. The van der Waals surface area contributed by atoms with Gasteiger partial charge < -0.3 is 45.6 Å². The zero-order chi connectivity index (χ0) is 53.2. The van der Waals surface area contributed by atoms with Gasteiger partial charge in [0, 0.05) is 91.6 Å². The fourth-order valence-corrected chi connectivity index (χ4v) is 8.48. The molecule has 0 spiro atoms. The lowest BCUT2D eigenvalue weighted by Crippen LogP contribution is -2.56. The lowest BCUT2D eigenvalue weighted by Gasteiger charge is -2.39. The minimum absolute atomic E-state index is 0.00703. The molecule has 0 fully saturated rings. The third kappa shape index (κ3) is 22.6. The Balaban J connectivity index is 1.79. The minimum atomic E-state index is -1.42. The Bertz CT molecular complexity index is 2040. The van der Waals surface area contributed by atoms with Crippen LogP contribution in [0.15, 0.2) is 24.3 Å². The highest BCUT2D eigenvalue weighted by molar-refractivity contribution is 5.73. The minimum Gasteiger partial charge on any atom is -0.480 e. The van der Waals surface area contributed by atoms with Crippen LogP contribution in [0.1, 0.15) is 88.3 Å². The van der Waals surface area contributed by atoms with Crippen molar-refractivity contribution in [3.05, 3.63) is 58.2 Å². The molecule has 2 amide bonds. The monoisotopic (exact) mass is 1010 g/mol. The van der Waals surface area contributed by atoms with Crippen LogP contribution >= 0.6 is 0 Å². The molecule has 2 aromatic rings. The number of aliphatic carboxylic acids is 5. The molecular formula is C48H74N10O14. The van der Waals surface area contributed by atoms with Crippen LogP contribution in [0, 0.1) is 0 Å². The predicted octanol–water partition coefficient (Wildman–Crippen LogP) is 1.68. The van der Waals surface area contributed by atoms with Gasteiger partial charge in [0.2, 0.25) is 0 Å². The fraction of sp³-hybridized carbons (Fsp3) is 0.646. The zero-order valence-corrected chi connectivity index (χ0v) is 42.4. The van der Waals surface area contributed by atoms with E-state index in [1.165, 1.54) is 0 Å². The standard InChI is InChI=1S/C48H74N10O14/c1-47(2,3)71-45(69)49-11-7-9-33-21-35-25-55(31-41(63)64)15-13-53(29-39(59)60)17-19-57(27-37(23-33)51-35)43(44(67)68)58-20-18-54(30-40(61)62)14-16-56(32-42(65)66)26-36-22-34(24-38(28-58)52-36)10-8-12-50-46(70)72-48(4,5)6/h21-24,43H,7-20,25-32H2,1-6H3,(H,49,69)(H,50,70)(H,59,60)(H,61,62)(H,63,64)(H,65,66)(H,67,68). The van der Waals surface area contributed by atoms with Gasteiger partial charge in [0.1, 0.15) is 11.2 Å². The highest BCUT2D eigenvalue weighted by atomic mass is 16.6. The average Bonchev–Trinajstić information content (AvgIpc) is 3.22. The van der Waals surface area contributed by atoms with Crippen molar-refractivity contribution in [2.75, 3.05) is 91.6 Å². The van der Waals surface area contributed by atoms with Gasteiger partial charge >= 0.3 is 42.0 Å². The van der Waals surface area contributed by atoms with E-state index in [9.17, 15) is 59.1 Å². The summed E-state index contributed by atoms with van der Waals surface area (Å²) < 4.78 is 10.7. The quantitative estimate of drug-likeness (QED) is 0.0985. The molecule has 0 atom stereocenters. The second kappa shape index (κ2) is 27.7. The maximum absolute atomic E-state index is 13.9. The molecule has 2 aromatic heterocycles. The number of aromatic nitrogens is 2. The van der Waals surface area contributed by atoms with Crippen LogP contribution in [0.5, 0.6) is 0 Å². The number of fused-ring (bicyclic) bond motifs is 4. The number of pyridine rings is 2. The predicted molar refractivity (Wildman–Crippen MR) is 260 cm³/mol. The van der Waals surface area contributed by atoms with Crippen LogP contribution in [-0.4, -0.2) is 216 Å². The van der Waals surface area contributed by atoms with Gasteiger partial charge in [-0.25, -0.2) is 14.4 Å². The van der Waals surface area contributed by atoms with Crippen LogP contribution in [-0.2, 0) is 72.5 Å². The third-order valence-corrected chi connectivity index (χ3v) is 11.3. The van der Waals surface area contributed by atoms with Gasteiger partial charge in [0.15, 0.2) is 6.17 Å². The number of aryl methyl sites for hydroxylation is 2.